The van der Waals surface area contributed by atoms with E-state index >= 15 is 0 Å². The number of carbonyl (C=O) groups is 3. The van der Waals surface area contributed by atoms with Gasteiger partial charge in [-0.25, -0.2) is 9.79 Å². The summed E-state index contributed by atoms with van der Waals surface area (Å²) in [6.45, 7) is 1.90. The number of nitrogens with one attached hydrogen (secondary N) is 1. The molecule has 0 bridgehead atoms. The number of amides is 1. The third kappa shape index (κ3) is 5.48. The van der Waals surface area contributed by atoms with Gasteiger partial charge in [0.2, 0.25) is 0 Å². The molecular formula is C21H18N2O6S. The third-order valence-electron chi connectivity index (χ3n) is 4.02. The van der Waals surface area contributed by atoms with Gasteiger partial charge in [-0.05, 0) is 60.2 Å². The van der Waals surface area contributed by atoms with Gasteiger partial charge in [0.15, 0.2) is 5.17 Å². The van der Waals surface area contributed by atoms with Crippen LogP contribution in [0.4, 0.5) is 5.69 Å². The first-order valence-corrected chi connectivity index (χ1v) is 9.71. The lowest BCUT2D eigenvalue weighted by molar-refractivity contribution is -0.137. The maximum Gasteiger partial charge on any atom is 0.337 e. The Kier molecular flexibility index (Phi) is 6.53. The molecule has 3 N–H and O–H groups in total. The molecule has 0 aromatic heterocycles. The van der Waals surface area contributed by atoms with Gasteiger partial charge in [-0.1, -0.05) is 18.2 Å². The number of ether oxygens (including phenoxy) is 1. The second-order valence-corrected chi connectivity index (χ2v) is 7.40. The Balaban J connectivity index is 1.74. The molecule has 0 atom stereocenters. The summed E-state index contributed by atoms with van der Waals surface area (Å²) in [5.41, 5.74) is 1.93. The molecule has 154 valence electrons. The van der Waals surface area contributed by atoms with Crippen LogP contribution in [0.2, 0.25) is 0 Å². The van der Waals surface area contributed by atoms with Crippen molar-refractivity contribution in [2.24, 2.45) is 4.99 Å². The molecule has 0 spiro atoms. The Labute approximate surface area is 176 Å². The van der Waals surface area contributed by atoms with E-state index in [4.69, 9.17) is 9.84 Å². The maximum atomic E-state index is 12.3. The molecule has 1 saturated heterocycles. The smallest absolute Gasteiger partial charge is 0.337 e. The highest BCUT2D eigenvalue weighted by molar-refractivity contribution is 8.18. The van der Waals surface area contributed by atoms with Crippen molar-refractivity contribution in [1.29, 1.82) is 0 Å². The Bertz CT molecular complexity index is 1060. The molecule has 2 aromatic rings. The molecule has 0 unspecified atom stereocenters. The number of hydrogen-bond donors (Lipinski definition) is 3. The van der Waals surface area contributed by atoms with Crippen molar-refractivity contribution in [3.05, 3.63) is 64.1 Å². The van der Waals surface area contributed by atoms with Gasteiger partial charge < -0.3 is 20.3 Å². The zero-order valence-electron chi connectivity index (χ0n) is 15.9. The van der Waals surface area contributed by atoms with Gasteiger partial charge in [0.25, 0.3) is 5.91 Å². The van der Waals surface area contributed by atoms with Crippen LogP contribution in [-0.2, 0) is 9.59 Å². The van der Waals surface area contributed by atoms with E-state index in [0.717, 1.165) is 22.9 Å². The molecule has 1 amide bonds. The van der Waals surface area contributed by atoms with Gasteiger partial charge in [-0.15, -0.1) is 0 Å². The normalized spacial score (nSPS) is 16.0. The second-order valence-electron chi connectivity index (χ2n) is 6.37. The van der Waals surface area contributed by atoms with Crippen molar-refractivity contribution in [3.8, 4) is 5.75 Å². The topological polar surface area (TPSA) is 125 Å². The van der Waals surface area contributed by atoms with Crippen LogP contribution < -0.4 is 10.1 Å². The minimum absolute atomic E-state index is 0.0545. The predicted octanol–water partition coefficient (Wildman–Crippen LogP) is 3.44. The summed E-state index contributed by atoms with van der Waals surface area (Å²) in [6, 6.07) is 11.7. The molecule has 2 aromatic carbocycles. The molecule has 1 fully saturated rings. The Morgan fingerprint density at radius 2 is 1.90 bits per heavy atom. The summed E-state index contributed by atoms with van der Waals surface area (Å²) in [7, 11) is 0. The van der Waals surface area contributed by atoms with Crippen LogP contribution in [0.5, 0.6) is 5.75 Å². The molecule has 8 nitrogen and oxygen atoms in total. The van der Waals surface area contributed by atoms with Crippen LogP contribution in [0.3, 0.4) is 0 Å². The molecule has 9 heteroatoms. The zero-order valence-corrected chi connectivity index (χ0v) is 16.7. The van der Waals surface area contributed by atoms with Gasteiger partial charge in [0.05, 0.1) is 29.2 Å². The van der Waals surface area contributed by atoms with Crippen molar-refractivity contribution >= 4 is 46.5 Å². The van der Waals surface area contributed by atoms with Crippen molar-refractivity contribution in [1.82, 2.24) is 5.32 Å². The number of aromatic carboxylic acids is 1. The fraction of sp³-hybridized carbons (Fsp3) is 0.143. The van der Waals surface area contributed by atoms with Gasteiger partial charge in [0, 0.05) is 0 Å². The number of carboxylic acids is 2. The number of nitrogens with zero attached hydrogens (tertiary/aromatic N) is 1. The van der Waals surface area contributed by atoms with Crippen LogP contribution in [-0.4, -0.2) is 39.8 Å². The lowest BCUT2D eigenvalue weighted by Crippen LogP contribution is -2.19. The molecule has 1 heterocycles. The largest absolute Gasteiger partial charge is 0.493 e. The molecule has 30 heavy (non-hydrogen) atoms. The van der Waals surface area contributed by atoms with Crippen LogP contribution in [0, 0.1) is 6.92 Å². The number of aliphatic imine (C=N–C) groups is 1. The Morgan fingerprint density at radius 1 is 1.17 bits per heavy atom. The molecule has 0 radical (unpaired) electrons. The maximum absolute atomic E-state index is 12.3. The van der Waals surface area contributed by atoms with Crippen LogP contribution in [0.25, 0.3) is 6.08 Å². The average Bonchev–Trinajstić information content (AvgIpc) is 3.01. The van der Waals surface area contributed by atoms with E-state index in [-0.39, 0.29) is 30.2 Å². The lowest BCUT2D eigenvalue weighted by atomic mass is 10.1. The van der Waals surface area contributed by atoms with Crippen LogP contribution in [0.1, 0.15) is 27.9 Å². The Morgan fingerprint density at radius 3 is 2.57 bits per heavy atom. The fourth-order valence-electron chi connectivity index (χ4n) is 2.57. The highest BCUT2D eigenvalue weighted by atomic mass is 32.2. The minimum atomic E-state index is -1.09. The minimum Gasteiger partial charge on any atom is -0.493 e. The first-order chi connectivity index (χ1) is 14.3. The number of benzene rings is 2. The highest BCUT2D eigenvalue weighted by Gasteiger charge is 2.24. The summed E-state index contributed by atoms with van der Waals surface area (Å²) in [6.07, 6.45) is 1.59. The number of hydrogen-bond acceptors (Lipinski definition) is 6. The van der Waals surface area contributed by atoms with E-state index in [0.29, 0.717) is 15.8 Å². The fourth-order valence-corrected chi connectivity index (χ4v) is 3.41. The number of carbonyl (C=O) groups excluding carboxylic acids is 1. The number of aliphatic carboxylic acids is 1. The summed E-state index contributed by atoms with van der Waals surface area (Å²) in [5.74, 6) is -1.82. The number of aryl methyl sites for hydroxylation is 1. The van der Waals surface area contributed by atoms with Gasteiger partial charge in [-0.2, -0.15) is 0 Å². The number of carboxylic acid groups (broad SMARTS) is 2. The van der Waals surface area contributed by atoms with E-state index < -0.39 is 11.9 Å². The SMILES string of the molecule is Cc1ccc(C(=O)O)c(N=C2NC(=O)/C(=C/c3ccc(OCCC(=O)O)cc3)S2)c1. The highest BCUT2D eigenvalue weighted by Crippen LogP contribution is 2.30. The molecule has 0 saturated carbocycles. The van der Waals surface area contributed by atoms with Crippen molar-refractivity contribution < 1.29 is 29.3 Å². The summed E-state index contributed by atoms with van der Waals surface area (Å²) >= 11 is 1.12. The average molecular weight is 426 g/mol. The molecule has 3 rings (SSSR count). The van der Waals surface area contributed by atoms with E-state index in [1.54, 1.807) is 42.5 Å². The first kappa shape index (κ1) is 21.1. The van der Waals surface area contributed by atoms with Gasteiger partial charge in [0.1, 0.15) is 5.75 Å². The molecular weight excluding hydrogens is 408 g/mol. The van der Waals surface area contributed by atoms with E-state index in [9.17, 15) is 19.5 Å². The van der Waals surface area contributed by atoms with Crippen molar-refractivity contribution in [2.45, 2.75) is 13.3 Å². The van der Waals surface area contributed by atoms with Crippen LogP contribution in [0.15, 0.2) is 52.4 Å². The van der Waals surface area contributed by atoms with Gasteiger partial charge >= 0.3 is 11.9 Å². The molecule has 1 aliphatic rings. The number of thioether (sulfide) groups is 1. The summed E-state index contributed by atoms with van der Waals surface area (Å²) < 4.78 is 5.33. The van der Waals surface area contributed by atoms with E-state index in [1.807, 2.05) is 6.92 Å². The summed E-state index contributed by atoms with van der Waals surface area (Å²) in [4.78, 5) is 38.9. The van der Waals surface area contributed by atoms with E-state index in [1.165, 1.54) is 6.07 Å². The lowest BCUT2D eigenvalue weighted by Gasteiger charge is -2.04. The zero-order chi connectivity index (χ0) is 21.7. The second kappa shape index (κ2) is 9.27. The standard InChI is InChI=1S/C21H18N2O6S/c1-12-2-7-15(20(27)28)16(10-12)22-21-23-19(26)17(30-21)11-13-3-5-14(6-4-13)29-9-8-18(24)25/h2-7,10-11H,8-9H2,1H3,(H,24,25)(H,27,28)(H,22,23,26)/b17-11-. The van der Waals surface area contributed by atoms with Crippen molar-refractivity contribution in [3.63, 3.8) is 0 Å². The third-order valence-corrected chi connectivity index (χ3v) is 4.93. The monoisotopic (exact) mass is 426 g/mol. The summed E-state index contributed by atoms with van der Waals surface area (Å²) in [5, 5.41) is 20.9. The number of amidine groups is 1. The Hall–Kier alpha value is -3.59. The number of rotatable bonds is 7. The van der Waals surface area contributed by atoms with Crippen molar-refractivity contribution in [2.75, 3.05) is 6.61 Å². The predicted molar refractivity (Wildman–Crippen MR) is 113 cm³/mol. The quantitative estimate of drug-likeness (QED) is 0.579. The van der Waals surface area contributed by atoms with Crippen LogP contribution >= 0.6 is 11.8 Å². The first-order valence-electron chi connectivity index (χ1n) is 8.90. The van der Waals surface area contributed by atoms with Gasteiger partial charge in [-0.3, -0.25) is 9.59 Å². The molecule has 0 aliphatic carbocycles. The van der Waals surface area contributed by atoms with E-state index in [2.05, 4.69) is 10.3 Å². The molecule has 1 aliphatic heterocycles.